The number of esters is 2. The Kier molecular flexibility index (Phi) is 5.55. The minimum absolute atomic E-state index is 0.0640. The molecule has 110 valence electrons. The predicted molar refractivity (Wildman–Crippen MR) is 74.2 cm³/mol. The van der Waals surface area contributed by atoms with Gasteiger partial charge in [0.2, 0.25) is 0 Å². The second-order valence-electron chi connectivity index (χ2n) is 4.20. The second-order valence-corrected chi connectivity index (χ2v) is 4.20. The average molecular weight is 280 g/mol. The van der Waals surface area contributed by atoms with E-state index in [0.717, 1.165) is 0 Å². The fourth-order valence-corrected chi connectivity index (χ4v) is 2.12. The molecule has 5 nitrogen and oxygen atoms in total. The van der Waals surface area contributed by atoms with Gasteiger partial charge in [-0.25, -0.2) is 9.59 Å². The van der Waals surface area contributed by atoms with E-state index in [2.05, 4.69) is 0 Å². The predicted octanol–water partition coefficient (Wildman–Crippen LogP) is 2.48. The maximum Gasteiger partial charge on any atom is 0.342 e. The number of benzene rings is 1. The minimum Gasteiger partial charge on any atom is -0.507 e. The van der Waals surface area contributed by atoms with Crippen LogP contribution < -0.4 is 0 Å². The van der Waals surface area contributed by atoms with Crippen LogP contribution in [0.15, 0.2) is 6.07 Å². The Bertz CT molecular complexity index is 519. The molecule has 0 amide bonds. The van der Waals surface area contributed by atoms with Gasteiger partial charge in [0.05, 0.1) is 19.3 Å². The van der Waals surface area contributed by atoms with Crippen molar-refractivity contribution < 1.29 is 24.2 Å². The van der Waals surface area contributed by atoms with Crippen molar-refractivity contribution in [2.24, 2.45) is 0 Å². The summed E-state index contributed by atoms with van der Waals surface area (Å²) in [6.07, 6.45) is 0.905. The quantitative estimate of drug-likeness (QED) is 0.839. The van der Waals surface area contributed by atoms with Crippen LogP contribution in [0.5, 0.6) is 5.75 Å². The number of methoxy groups -OCH3 is 1. The monoisotopic (exact) mass is 280 g/mol. The molecule has 0 radical (unpaired) electrons. The first-order valence-corrected chi connectivity index (χ1v) is 6.64. The zero-order chi connectivity index (χ0) is 15.3. The molecule has 0 unspecified atom stereocenters. The average Bonchev–Trinajstić information content (AvgIpc) is 2.45. The van der Waals surface area contributed by atoms with Crippen LogP contribution in [0, 0.1) is 0 Å². The van der Waals surface area contributed by atoms with E-state index >= 15 is 0 Å². The van der Waals surface area contributed by atoms with Gasteiger partial charge in [0.1, 0.15) is 11.3 Å². The molecule has 1 aromatic carbocycles. The molecule has 1 aromatic rings. The number of ether oxygens (including phenoxy) is 2. The smallest absolute Gasteiger partial charge is 0.342 e. The summed E-state index contributed by atoms with van der Waals surface area (Å²) in [4.78, 5) is 23.9. The molecule has 0 saturated carbocycles. The summed E-state index contributed by atoms with van der Waals surface area (Å²) in [5, 5.41) is 10.2. The van der Waals surface area contributed by atoms with E-state index in [0.29, 0.717) is 29.5 Å². The lowest BCUT2D eigenvalue weighted by Gasteiger charge is -2.16. The van der Waals surface area contributed by atoms with Crippen LogP contribution >= 0.6 is 0 Å². The number of aryl methyl sites for hydroxylation is 1. The highest BCUT2D eigenvalue weighted by Crippen LogP contribution is 2.31. The Morgan fingerprint density at radius 3 is 2.25 bits per heavy atom. The maximum absolute atomic E-state index is 12.0. The zero-order valence-electron chi connectivity index (χ0n) is 12.3. The van der Waals surface area contributed by atoms with E-state index in [1.54, 1.807) is 19.9 Å². The fraction of sp³-hybridized carbons (Fsp3) is 0.467. The molecular weight excluding hydrogens is 260 g/mol. The molecule has 0 bridgehead atoms. The van der Waals surface area contributed by atoms with Crippen LogP contribution in [0.1, 0.15) is 52.6 Å². The van der Waals surface area contributed by atoms with Crippen molar-refractivity contribution in [2.45, 2.75) is 33.6 Å². The molecule has 0 aromatic heterocycles. The number of rotatable bonds is 5. The zero-order valence-corrected chi connectivity index (χ0v) is 12.3. The molecular formula is C15H20O5. The summed E-state index contributed by atoms with van der Waals surface area (Å²) in [6.45, 7) is 5.52. The standard InChI is InChI=1S/C15H20O5/c1-5-9-8-11(14(17)19-4)10(6-2)12(13(9)16)15(18)20-7-3/h8,16H,5-7H2,1-4H3. The van der Waals surface area contributed by atoms with E-state index in [1.807, 2.05) is 6.92 Å². The van der Waals surface area contributed by atoms with Gasteiger partial charge in [-0.3, -0.25) is 0 Å². The number of carbonyl (C=O) groups is 2. The van der Waals surface area contributed by atoms with Gasteiger partial charge in [-0.2, -0.15) is 0 Å². The molecule has 0 heterocycles. The van der Waals surface area contributed by atoms with Crippen molar-refractivity contribution in [3.05, 3.63) is 28.3 Å². The summed E-state index contributed by atoms with van der Waals surface area (Å²) in [5.74, 6) is -1.26. The normalized spacial score (nSPS) is 10.2. The summed E-state index contributed by atoms with van der Waals surface area (Å²) in [6, 6.07) is 1.57. The number of phenols is 1. The van der Waals surface area contributed by atoms with Gasteiger partial charge < -0.3 is 14.6 Å². The van der Waals surface area contributed by atoms with E-state index in [-0.39, 0.29) is 17.9 Å². The lowest BCUT2D eigenvalue weighted by Crippen LogP contribution is -2.15. The van der Waals surface area contributed by atoms with E-state index < -0.39 is 11.9 Å². The van der Waals surface area contributed by atoms with Crippen molar-refractivity contribution in [3.63, 3.8) is 0 Å². The summed E-state index contributed by atoms with van der Waals surface area (Å²) in [5.41, 5.74) is 1.33. The number of hydrogen-bond donors (Lipinski definition) is 1. The molecule has 1 rings (SSSR count). The Morgan fingerprint density at radius 1 is 1.15 bits per heavy atom. The van der Waals surface area contributed by atoms with E-state index in [1.165, 1.54) is 7.11 Å². The fourth-order valence-electron chi connectivity index (χ4n) is 2.12. The minimum atomic E-state index is -0.623. The van der Waals surface area contributed by atoms with E-state index in [4.69, 9.17) is 9.47 Å². The largest absolute Gasteiger partial charge is 0.507 e. The second kappa shape index (κ2) is 6.93. The number of aromatic hydroxyl groups is 1. The summed E-state index contributed by atoms with van der Waals surface area (Å²) in [7, 11) is 1.28. The third kappa shape index (κ3) is 2.92. The first-order valence-electron chi connectivity index (χ1n) is 6.64. The van der Waals surface area contributed by atoms with Crippen LogP contribution in [-0.2, 0) is 22.3 Å². The van der Waals surface area contributed by atoms with Gasteiger partial charge in [0.15, 0.2) is 0 Å². The molecule has 0 atom stereocenters. The highest BCUT2D eigenvalue weighted by Gasteiger charge is 2.25. The van der Waals surface area contributed by atoms with Crippen molar-refractivity contribution in [1.29, 1.82) is 0 Å². The number of carbonyl (C=O) groups excluding carboxylic acids is 2. The van der Waals surface area contributed by atoms with Crippen molar-refractivity contribution in [2.75, 3.05) is 13.7 Å². The van der Waals surface area contributed by atoms with Gasteiger partial charge in [-0.05, 0) is 37.0 Å². The van der Waals surface area contributed by atoms with Gasteiger partial charge in [-0.1, -0.05) is 13.8 Å². The summed E-state index contributed by atoms with van der Waals surface area (Å²) < 4.78 is 9.71. The first-order chi connectivity index (χ1) is 9.51. The Morgan fingerprint density at radius 2 is 1.80 bits per heavy atom. The molecule has 0 spiro atoms. The SMILES string of the molecule is CCOC(=O)c1c(O)c(CC)cc(C(=O)OC)c1CC. The highest BCUT2D eigenvalue weighted by atomic mass is 16.5. The lowest BCUT2D eigenvalue weighted by molar-refractivity contribution is 0.0521. The van der Waals surface area contributed by atoms with E-state index in [9.17, 15) is 14.7 Å². The van der Waals surface area contributed by atoms with Gasteiger partial charge in [0.25, 0.3) is 0 Å². The molecule has 0 aliphatic carbocycles. The topological polar surface area (TPSA) is 72.8 Å². The molecule has 5 heteroatoms. The molecule has 0 aliphatic rings. The maximum atomic E-state index is 12.0. The Balaban J connectivity index is 3.60. The Hall–Kier alpha value is -2.04. The third-order valence-corrected chi connectivity index (χ3v) is 3.11. The molecule has 0 aliphatic heterocycles. The van der Waals surface area contributed by atoms with Crippen LogP contribution in [0.25, 0.3) is 0 Å². The van der Waals surface area contributed by atoms with Crippen LogP contribution in [0.3, 0.4) is 0 Å². The van der Waals surface area contributed by atoms with Crippen LogP contribution in [0.4, 0.5) is 0 Å². The Labute approximate surface area is 118 Å². The van der Waals surface area contributed by atoms with Crippen LogP contribution in [0.2, 0.25) is 0 Å². The van der Waals surface area contributed by atoms with Crippen molar-refractivity contribution >= 4 is 11.9 Å². The first kappa shape index (κ1) is 16.0. The summed E-state index contributed by atoms with van der Waals surface area (Å²) >= 11 is 0. The molecule has 0 saturated heterocycles. The molecule has 0 fully saturated rings. The van der Waals surface area contributed by atoms with Crippen molar-refractivity contribution in [1.82, 2.24) is 0 Å². The van der Waals surface area contributed by atoms with Gasteiger partial charge >= 0.3 is 11.9 Å². The number of hydrogen-bond acceptors (Lipinski definition) is 5. The lowest BCUT2D eigenvalue weighted by atomic mass is 9.93. The third-order valence-electron chi connectivity index (χ3n) is 3.11. The van der Waals surface area contributed by atoms with Gasteiger partial charge in [-0.15, -0.1) is 0 Å². The molecule has 20 heavy (non-hydrogen) atoms. The molecule has 1 N–H and O–H groups in total. The van der Waals surface area contributed by atoms with Gasteiger partial charge in [0, 0.05) is 0 Å². The van der Waals surface area contributed by atoms with Crippen molar-refractivity contribution in [3.8, 4) is 5.75 Å². The highest BCUT2D eigenvalue weighted by molar-refractivity contribution is 6.00. The van der Waals surface area contributed by atoms with Crippen LogP contribution in [-0.4, -0.2) is 30.8 Å². The number of phenolic OH excluding ortho intramolecular Hbond substituents is 1.